The number of rotatable bonds is 9. The second kappa shape index (κ2) is 13.3. The number of carbonyl (C=O) groups excluding carboxylic acids is 2. The summed E-state index contributed by atoms with van der Waals surface area (Å²) in [5.74, 6) is -0.0847. The van der Waals surface area contributed by atoms with E-state index in [0.717, 1.165) is 52.8 Å². The van der Waals surface area contributed by atoms with E-state index in [0.29, 0.717) is 19.0 Å². The molecule has 226 valence electrons. The molecule has 8 heteroatoms. The molecule has 3 amide bonds. The van der Waals surface area contributed by atoms with Crippen molar-refractivity contribution in [3.05, 3.63) is 95.7 Å². The van der Waals surface area contributed by atoms with Crippen LogP contribution in [0.1, 0.15) is 48.3 Å². The average molecular weight is 581 g/mol. The van der Waals surface area contributed by atoms with Crippen molar-refractivity contribution in [2.24, 2.45) is 0 Å². The molecule has 0 saturated carbocycles. The lowest BCUT2D eigenvalue weighted by Crippen LogP contribution is -2.53. The average Bonchev–Trinajstić information content (AvgIpc) is 3.44. The first kappa shape index (κ1) is 30.2. The van der Waals surface area contributed by atoms with Gasteiger partial charge in [0.25, 0.3) is 0 Å². The zero-order valence-corrected chi connectivity index (χ0v) is 25.9. The Morgan fingerprint density at radius 2 is 1.65 bits per heavy atom. The summed E-state index contributed by atoms with van der Waals surface area (Å²) in [6.45, 7) is 4.07. The number of H-pyrrole nitrogens is 1. The van der Waals surface area contributed by atoms with E-state index in [9.17, 15) is 9.59 Å². The van der Waals surface area contributed by atoms with E-state index in [1.807, 2.05) is 87.5 Å². The summed E-state index contributed by atoms with van der Waals surface area (Å²) >= 11 is 0. The summed E-state index contributed by atoms with van der Waals surface area (Å²) in [5.41, 5.74) is 6.04. The van der Waals surface area contributed by atoms with Crippen LogP contribution in [0.2, 0.25) is 0 Å². The van der Waals surface area contributed by atoms with Crippen molar-refractivity contribution in [2.45, 2.75) is 44.2 Å². The highest BCUT2D eigenvalue weighted by Gasteiger charge is 2.33. The van der Waals surface area contributed by atoms with Crippen LogP contribution in [0.4, 0.5) is 16.2 Å². The van der Waals surface area contributed by atoms with Gasteiger partial charge in [-0.1, -0.05) is 61.5 Å². The molecule has 5 rings (SSSR count). The maximum Gasteiger partial charge on any atom is 0.318 e. The second-order valence-corrected chi connectivity index (χ2v) is 12.2. The molecule has 0 aliphatic carbocycles. The lowest BCUT2D eigenvalue weighted by atomic mass is 9.89. The molecule has 3 aromatic carbocycles. The molecular weight excluding hydrogens is 536 g/mol. The zero-order chi connectivity index (χ0) is 30.5. The van der Waals surface area contributed by atoms with Crippen LogP contribution in [0, 0.1) is 0 Å². The summed E-state index contributed by atoms with van der Waals surface area (Å²) < 4.78 is 0. The van der Waals surface area contributed by atoms with Crippen LogP contribution in [0.3, 0.4) is 0 Å². The summed E-state index contributed by atoms with van der Waals surface area (Å²) in [7, 11) is 7.97. The van der Waals surface area contributed by atoms with E-state index in [1.165, 1.54) is 5.56 Å². The van der Waals surface area contributed by atoms with E-state index < -0.39 is 6.04 Å². The first-order valence-corrected chi connectivity index (χ1v) is 15.1. The van der Waals surface area contributed by atoms with Crippen molar-refractivity contribution >= 4 is 34.2 Å². The second-order valence-electron chi connectivity index (χ2n) is 12.2. The number of hydrogen-bond acceptors (Lipinski definition) is 4. The minimum absolute atomic E-state index is 0.201. The van der Waals surface area contributed by atoms with Crippen LogP contribution < -0.4 is 15.5 Å². The molecule has 1 aliphatic rings. The van der Waals surface area contributed by atoms with E-state index in [-0.39, 0.29) is 17.9 Å². The summed E-state index contributed by atoms with van der Waals surface area (Å²) in [6.07, 6.45) is 3.75. The Bertz CT molecular complexity index is 1540. The molecule has 43 heavy (non-hydrogen) atoms. The summed E-state index contributed by atoms with van der Waals surface area (Å²) in [5, 5.41) is 7.39. The molecule has 1 fully saturated rings. The van der Waals surface area contributed by atoms with Gasteiger partial charge in [-0.2, -0.15) is 0 Å². The minimum Gasteiger partial charge on any atom is -0.376 e. The number of hydrogen-bond donors (Lipinski definition) is 3. The monoisotopic (exact) mass is 580 g/mol. The van der Waals surface area contributed by atoms with E-state index in [4.69, 9.17) is 0 Å². The van der Waals surface area contributed by atoms with Gasteiger partial charge < -0.3 is 30.3 Å². The Balaban J connectivity index is 1.39. The van der Waals surface area contributed by atoms with Gasteiger partial charge in [0, 0.05) is 56.7 Å². The van der Waals surface area contributed by atoms with Crippen LogP contribution >= 0.6 is 0 Å². The van der Waals surface area contributed by atoms with Gasteiger partial charge in [-0.05, 0) is 67.7 Å². The highest BCUT2D eigenvalue weighted by molar-refractivity contribution is 6.00. The molecule has 0 spiro atoms. The van der Waals surface area contributed by atoms with Crippen molar-refractivity contribution in [1.29, 1.82) is 0 Å². The molecule has 8 nitrogen and oxygen atoms in total. The standard InChI is InChI=1S/C35H44N6O2/c1-24(29-22-36-30-14-10-9-13-28(29)30)33(34(42)37-31-21-25(23-39(2)3)15-16-32(31)40(4)5)38-35(43)41-19-17-27(18-20-41)26-11-7-6-8-12-26/h6-16,21-22,24,27,33,36H,17-20,23H2,1-5H3,(H,37,42)(H,38,43)/t24-,33-/m1/s1. The molecule has 2 heterocycles. The van der Waals surface area contributed by atoms with Gasteiger partial charge in [-0.25, -0.2) is 4.79 Å². The molecule has 2 atom stereocenters. The van der Waals surface area contributed by atoms with Crippen LogP contribution in [0.15, 0.2) is 79.0 Å². The van der Waals surface area contributed by atoms with Gasteiger partial charge in [0.1, 0.15) is 6.04 Å². The summed E-state index contributed by atoms with van der Waals surface area (Å²) in [4.78, 5) is 37.1. The first-order valence-electron chi connectivity index (χ1n) is 15.1. The van der Waals surface area contributed by atoms with Crippen LogP contribution in [0.5, 0.6) is 0 Å². The molecule has 0 radical (unpaired) electrons. The number of likely N-dealkylation sites (tertiary alicyclic amines) is 1. The molecule has 0 unspecified atom stereocenters. The van der Waals surface area contributed by atoms with Gasteiger partial charge in [-0.3, -0.25) is 4.79 Å². The SMILES string of the molecule is C[C@H](c1c[nH]c2ccccc12)[C@@H](NC(=O)N1CCC(c2ccccc2)CC1)C(=O)Nc1cc(CN(C)C)ccc1N(C)C. The maximum atomic E-state index is 14.2. The van der Waals surface area contributed by atoms with Gasteiger partial charge >= 0.3 is 6.03 Å². The number of aromatic amines is 1. The minimum atomic E-state index is -0.786. The smallest absolute Gasteiger partial charge is 0.318 e. The third-order valence-electron chi connectivity index (χ3n) is 8.53. The van der Waals surface area contributed by atoms with Gasteiger partial charge in [0.2, 0.25) is 5.91 Å². The van der Waals surface area contributed by atoms with Crippen LogP contribution in [-0.4, -0.2) is 74.0 Å². The van der Waals surface area contributed by atoms with Gasteiger partial charge in [0.05, 0.1) is 11.4 Å². The van der Waals surface area contributed by atoms with Crippen molar-refractivity contribution < 1.29 is 9.59 Å². The summed E-state index contributed by atoms with van der Waals surface area (Å²) in [6, 6.07) is 23.7. The van der Waals surface area contributed by atoms with E-state index in [2.05, 4.69) is 56.9 Å². The number of anilines is 2. The quantitative estimate of drug-likeness (QED) is 0.227. The fraction of sp³-hybridized carbons (Fsp3) is 0.371. The molecule has 4 aromatic rings. The largest absolute Gasteiger partial charge is 0.376 e. The topological polar surface area (TPSA) is 83.7 Å². The number of amides is 3. The van der Waals surface area contributed by atoms with Crippen molar-refractivity contribution in [1.82, 2.24) is 20.1 Å². The normalized spacial score (nSPS) is 15.3. The predicted molar refractivity (Wildman–Crippen MR) is 176 cm³/mol. The zero-order valence-electron chi connectivity index (χ0n) is 25.9. The lowest BCUT2D eigenvalue weighted by molar-refractivity contribution is -0.118. The molecule has 0 bridgehead atoms. The number of carbonyl (C=O) groups is 2. The number of para-hydroxylation sites is 1. The Hall–Kier alpha value is -4.30. The van der Waals surface area contributed by atoms with E-state index >= 15 is 0 Å². The highest BCUT2D eigenvalue weighted by atomic mass is 16.2. The Morgan fingerprint density at radius 1 is 0.953 bits per heavy atom. The lowest BCUT2D eigenvalue weighted by Gasteiger charge is -2.34. The number of benzene rings is 3. The highest BCUT2D eigenvalue weighted by Crippen LogP contribution is 2.32. The fourth-order valence-electron chi connectivity index (χ4n) is 6.18. The molecule has 1 aromatic heterocycles. The Morgan fingerprint density at radius 3 is 2.35 bits per heavy atom. The molecule has 1 saturated heterocycles. The number of fused-ring (bicyclic) bond motifs is 1. The van der Waals surface area contributed by atoms with Crippen molar-refractivity contribution in [3.63, 3.8) is 0 Å². The number of nitrogens with one attached hydrogen (secondary N) is 3. The molecule has 1 aliphatic heterocycles. The van der Waals surface area contributed by atoms with Gasteiger partial charge in [0.15, 0.2) is 0 Å². The van der Waals surface area contributed by atoms with Crippen molar-refractivity contribution in [2.75, 3.05) is 51.5 Å². The first-order chi connectivity index (χ1) is 20.7. The number of piperidine rings is 1. The van der Waals surface area contributed by atoms with Crippen molar-refractivity contribution in [3.8, 4) is 0 Å². The fourth-order valence-corrected chi connectivity index (χ4v) is 6.18. The third kappa shape index (κ3) is 7.03. The number of aromatic nitrogens is 1. The van der Waals surface area contributed by atoms with E-state index in [1.54, 1.807) is 0 Å². The Kier molecular flexibility index (Phi) is 9.36. The molecule has 3 N–H and O–H groups in total. The Labute approximate surface area is 255 Å². The van der Waals surface area contributed by atoms with Crippen LogP contribution in [0.25, 0.3) is 10.9 Å². The number of urea groups is 1. The van der Waals surface area contributed by atoms with Gasteiger partial charge in [-0.15, -0.1) is 0 Å². The number of nitrogens with zero attached hydrogens (tertiary/aromatic N) is 3. The van der Waals surface area contributed by atoms with Crippen LogP contribution in [-0.2, 0) is 11.3 Å². The molecular formula is C35H44N6O2. The maximum absolute atomic E-state index is 14.2. The third-order valence-corrected chi connectivity index (χ3v) is 8.53. The predicted octanol–water partition coefficient (Wildman–Crippen LogP) is 6.00.